The van der Waals surface area contributed by atoms with E-state index in [1.165, 1.54) is 12.2 Å². The first-order chi connectivity index (χ1) is 19.1. The lowest BCUT2D eigenvalue weighted by Gasteiger charge is -2.25. The van der Waals surface area contributed by atoms with Crippen LogP contribution in [0.25, 0.3) is 5.57 Å². The Balaban J connectivity index is 2.04. The molecule has 2 aromatic rings. The molecule has 3 rings (SSSR count). The van der Waals surface area contributed by atoms with Crippen LogP contribution in [0.4, 0.5) is 27.4 Å². The number of rotatable bonds is 12. The highest BCUT2D eigenvalue weighted by molar-refractivity contribution is 6.15. The number of carbonyl (C=O) groups is 1. The van der Waals surface area contributed by atoms with Crippen molar-refractivity contribution in [2.75, 3.05) is 49.8 Å². The Labute approximate surface area is 235 Å². The first-order valence-electron chi connectivity index (χ1n) is 13.3. The molecule has 0 saturated heterocycles. The zero-order chi connectivity index (χ0) is 29.4. The second-order valence-corrected chi connectivity index (χ2v) is 9.69. The van der Waals surface area contributed by atoms with Gasteiger partial charge in [-0.25, -0.2) is 14.4 Å². The van der Waals surface area contributed by atoms with Gasteiger partial charge in [-0.15, -0.1) is 0 Å². The number of nitrogens with one attached hydrogen (secondary N) is 5. The highest BCUT2D eigenvalue weighted by Crippen LogP contribution is 2.34. The molecule has 0 atom stereocenters. The number of hydrogen-bond donors (Lipinski definition) is 5. The van der Waals surface area contributed by atoms with E-state index in [0.29, 0.717) is 28.5 Å². The van der Waals surface area contributed by atoms with E-state index in [-0.39, 0.29) is 17.5 Å². The van der Waals surface area contributed by atoms with Gasteiger partial charge in [-0.1, -0.05) is 27.4 Å². The predicted octanol–water partition coefficient (Wildman–Crippen LogP) is 4.96. The third kappa shape index (κ3) is 7.01. The van der Waals surface area contributed by atoms with Crippen LogP contribution in [0.15, 0.2) is 66.3 Å². The van der Waals surface area contributed by atoms with Gasteiger partial charge in [0, 0.05) is 55.9 Å². The Hall–Kier alpha value is -4.31. The van der Waals surface area contributed by atoms with Crippen LogP contribution < -0.4 is 26.2 Å². The minimum absolute atomic E-state index is 0.0786. The Morgan fingerprint density at radius 1 is 1.23 bits per heavy atom. The highest BCUT2D eigenvalue weighted by atomic mass is 19.1. The molecule has 0 aliphatic heterocycles. The van der Waals surface area contributed by atoms with E-state index in [0.717, 1.165) is 42.1 Å². The van der Waals surface area contributed by atoms with Gasteiger partial charge in [-0.2, -0.15) is 0 Å². The number of halogens is 1. The van der Waals surface area contributed by atoms with Crippen molar-refractivity contribution < 1.29 is 9.18 Å². The molecule has 40 heavy (non-hydrogen) atoms. The number of likely N-dealkylation sites (N-methyl/N-ethyl adjacent to an activating group) is 2. The fraction of sp³-hybridized carbons (Fsp3) is 0.333. The molecule has 5 N–H and O–H groups in total. The molecule has 0 bridgehead atoms. The van der Waals surface area contributed by atoms with Crippen molar-refractivity contribution in [2.45, 2.75) is 27.2 Å². The molecule has 10 heteroatoms. The van der Waals surface area contributed by atoms with Gasteiger partial charge in [-0.05, 0) is 61.4 Å². The smallest absolute Gasteiger partial charge is 0.247 e. The molecule has 1 heterocycles. The molecule has 1 aromatic heterocycles. The Morgan fingerprint density at radius 2 is 1.98 bits per heavy atom. The van der Waals surface area contributed by atoms with Gasteiger partial charge in [0.25, 0.3) is 0 Å². The molecule has 1 aliphatic carbocycles. The molecule has 0 fully saturated rings. The van der Waals surface area contributed by atoms with Crippen molar-refractivity contribution in [3.8, 4) is 0 Å². The van der Waals surface area contributed by atoms with Crippen LogP contribution in [0.5, 0.6) is 0 Å². The molecule has 1 aliphatic rings. The van der Waals surface area contributed by atoms with E-state index < -0.39 is 5.83 Å². The topological polar surface area (TPSA) is 118 Å². The fourth-order valence-electron chi connectivity index (χ4n) is 4.44. The number of aromatic nitrogens is 2. The average molecular weight is 547 g/mol. The average Bonchev–Trinajstić information content (AvgIpc) is 2.94. The van der Waals surface area contributed by atoms with Gasteiger partial charge in [0.1, 0.15) is 5.83 Å². The molecule has 212 valence electrons. The van der Waals surface area contributed by atoms with Crippen LogP contribution in [0.2, 0.25) is 0 Å². The van der Waals surface area contributed by atoms with Crippen molar-refractivity contribution in [3.63, 3.8) is 0 Å². The van der Waals surface area contributed by atoms with Crippen LogP contribution in [-0.2, 0) is 11.2 Å². The number of anilines is 4. The third-order valence-corrected chi connectivity index (χ3v) is 6.58. The number of allylic oxidation sites excluding steroid dienone is 6. The maximum Gasteiger partial charge on any atom is 0.247 e. The van der Waals surface area contributed by atoms with E-state index in [9.17, 15) is 9.18 Å². The van der Waals surface area contributed by atoms with Crippen LogP contribution in [0.3, 0.4) is 0 Å². The molecule has 0 radical (unpaired) electrons. The summed E-state index contributed by atoms with van der Waals surface area (Å²) in [5, 5.41) is 20.7. The normalized spacial score (nSPS) is 14.3. The van der Waals surface area contributed by atoms with Crippen molar-refractivity contribution in [1.29, 1.82) is 5.41 Å². The van der Waals surface area contributed by atoms with Gasteiger partial charge < -0.3 is 26.2 Å². The number of aryl methyl sites for hydroxylation is 1. The van der Waals surface area contributed by atoms with E-state index in [1.54, 1.807) is 25.4 Å². The van der Waals surface area contributed by atoms with Gasteiger partial charge >= 0.3 is 0 Å². The van der Waals surface area contributed by atoms with Gasteiger partial charge in [0.2, 0.25) is 11.9 Å². The van der Waals surface area contributed by atoms with Crippen molar-refractivity contribution >= 4 is 40.2 Å². The minimum Gasteiger partial charge on any atom is -0.391 e. The SMILES string of the molecule is C=CC(=O)Nc1cc(Nc2nccc(C3=C/C(=C(/NC)C(C)C)C(=N)C(F)=C3)n2)c(CC)cc1N(C)CCNC. The summed E-state index contributed by atoms with van der Waals surface area (Å²) in [4.78, 5) is 23.4. The van der Waals surface area contributed by atoms with E-state index in [2.05, 4.69) is 49.6 Å². The summed E-state index contributed by atoms with van der Waals surface area (Å²) in [6, 6.07) is 5.61. The van der Waals surface area contributed by atoms with E-state index in [4.69, 9.17) is 5.41 Å². The lowest BCUT2D eigenvalue weighted by molar-refractivity contribution is -0.111. The molecule has 1 amide bonds. The number of benzene rings is 1. The lowest BCUT2D eigenvalue weighted by Crippen LogP contribution is -2.28. The fourth-order valence-corrected chi connectivity index (χ4v) is 4.44. The minimum atomic E-state index is -0.622. The van der Waals surface area contributed by atoms with Crippen molar-refractivity contribution in [3.05, 3.63) is 77.6 Å². The Kier molecular flexibility index (Phi) is 10.3. The zero-order valence-electron chi connectivity index (χ0n) is 24.1. The first kappa shape index (κ1) is 30.2. The van der Waals surface area contributed by atoms with Gasteiger partial charge in [0.15, 0.2) is 0 Å². The standard InChI is InChI=1S/C30H39FN8O/c1-8-19-16-26(39(7)13-12-33-5)25(36-27(40)9-2)17-24(19)38-30-35-11-10-23(37-30)20-14-21(28(32)22(31)15-20)29(34-6)18(3)4/h9-11,14-18,32-34H,2,8,12-13H2,1,3-7H3,(H,36,40)(H,35,37,38)/b29-21-,32-28?. The predicted molar refractivity (Wildman–Crippen MR) is 163 cm³/mol. The largest absolute Gasteiger partial charge is 0.391 e. The van der Waals surface area contributed by atoms with Gasteiger partial charge in [0.05, 0.1) is 22.8 Å². The van der Waals surface area contributed by atoms with Crippen molar-refractivity contribution in [2.24, 2.45) is 5.92 Å². The van der Waals surface area contributed by atoms with Crippen molar-refractivity contribution in [1.82, 2.24) is 20.6 Å². The molecular formula is C30H39FN8O. The monoisotopic (exact) mass is 546 g/mol. The quantitative estimate of drug-likeness (QED) is 0.239. The summed E-state index contributed by atoms with van der Waals surface area (Å²) in [5.74, 6) is -0.535. The number of carbonyl (C=O) groups excluding carboxylic acids is 1. The number of amides is 1. The highest BCUT2D eigenvalue weighted by Gasteiger charge is 2.22. The Bertz CT molecular complexity index is 1380. The second kappa shape index (κ2) is 13.7. The van der Waals surface area contributed by atoms with Crippen LogP contribution in [0, 0.1) is 11.3 Å². The van der Waals surface area contributed by atoms with E-state index in [1.807, 2.05) is 40.1 Å². The molecule has 9 nitrogen and oxygen atoms in total. The molecular weight excluding hydrogens is 507 g/mol. The molecule has 0 unspecified atom stereocenters. The molecule has 0 saturated carbocycles. The summed E-state index contributed by atoms with van der Waals surface area (Å²) in [6.45, 7) is 11.1. The lowest BCUT2D eigenvalue weighted by atomic mass is 9.92. The van der Waals surface area contributed by atoms with Crippen LogP contribution >= 0.6 is 0 Å². The van der Waals surface area contributed by atoms with Crippen LogP contribution in [0.1, 0.15) is 32.0 Å². The summed E-state index contributed by atoms with van der Waals surface area (Å²) in [6.07, 6.45) is 6.66. The maximum absolute atomic E-state index is 14.9. The molecule has 0 spiro atoms. The summed E-state index contributed by atoms with van der Waals surface area (Å²) < 4.78 is 14.9. The summed E-state index contributed by atoms with van der Waals surface area (Å²) in [7, 11) is 5.64. The maximum atomic E-state index is 14.9. The van der Waals surface area contributed by atoms with Gasteiger partial charge in [-0.3, -0.25) is 10.2 Å². The number of hydrogen-bond acceptors (Lipinski definition) is 8. The second-order valence-electron chi connectivity index (χ2n) is 9.69. The first-order valence-corrected chi connectivity index (χ1v) is 13.3. The van der Waals surface area contributed by atoms with E-state index >= 15 is 0 Å². The van der Waals surface area contributed by atoms with Crippen LogP contribution in [-0.4, -0.2) is 55.8 Å². The summed E-state index contributed by atoms with van der Waals surface area (Å²) >= 11 is 0. The third-order valence-electron chi connectivity index (χ3n) is 6.58. The molecule has 1 aromatic carbocycles. The Morgan fingerprint density at radius 3 is 2.60 bits per heavy atom. The summed E-state index contributed by atoms with van der Waals surface area (Å²) in [5.41, 5.74) is 5.42. The zero-order valence-corrected chi connectivity index (χ0v) is 24.1. The number of nitrogens with zero attached hydrogens (tertiary/aromatic N) is 3.